The molecule has 2 heterocycles. The maximum atomic E-state index is 5.42. The van der Waals surface area contributed by atoms with Crippen LogP contribution < -0.4 is 14.8 Å². The minimum absolute atomic E-state index is 0.0663. The van der Waals surface area contributed by atoms with Gasteiger partial charge in [0.2, 0.25) is 0 Å². The Morgan fingerprint density at radius 2 is 1.87 bits per heavy atom. The lowest BCUT2D eigenvalue weighted by atomic mass is 10.1. The number of nitrogens with one attached hydrogen (secondary N) is 1. The smallest absolute Gasteiger partial charge is 0.195 e. The van der Waals surface area contributed by atoms with Crippen LogP contribution in [0.2, 0.25) is 0 Å². The van der Waals surface area contributed by atoms with E-state index in [-0.39, 0.29) is 5.54 Å². The van der Waals surface area contributed by atoms with Crippen molar-refractivity contribution in [1.82, 2.24) is 9.38 Å². The Kier molecular flexibility index (Phi) is 3.93. The summed E-state index contributed by atoms with van der Waals surface area (Å²) in [5, 5.41) is 5.59. The number of anilines is 1. The zero-order valence-electron chi connectivity index (χ0n) is 14.0. The number of fused-ring (bicyclic) bond motifs is 1. The van der Waals surface area contributed by atoms with Gasteiger partial charge in [0.15, 0.2) is 16.5 Å². The zero-order chi connectivity index (χ0) is 16.6. The van der Waals surface area contributed by atoms with Crippen LogP contribution in [0, 0.1) is 0 Å². The summed E-state index contributed by atoms with van der Waals surface area (Å²) in [6.07, 6.45) is 2.03. The number of rotatable bonds is 4. The predicted molar refractivity (Wildman–Crippen MR) is 95.0 cm³/mol. The van der Waals surface area contributed by atoms with Gasteiger partial charge in [0, 0.05) is 22.7 Å². The molecule has 1 aromatic carbocycles. The van der Waals surface area contributed by atoms with Crippen LogP contribution in [-0.2, 0) is 0 Å². The van der Waals surface area contributed by atoms with E-state index in [1.54, 1.807) is 25.6 Å². The molecule has 0 bridgehead atoms. The summed E-state index contributed by atoms with van der Waals surface area (Å²) < 4.78 is 12.8. The Morgan fingerprint density at radius 3 is 2.52 bits per heavy atom. The number of hydrogen-bond donors (Lipinski definition) is 1. The maximum absolute atomic E-state index is 5.42. The third kappa shape index (κ3) is 2.99. The van der Waals surface area contributed by atoms with Crippen molar-refractivity contribution in [1.29, 1.82) is 0 Å². The highest BCUT2D eigenvalue weighted by Gasteiger charge is 2.20. The van der Waals surface area contributed by atoms with Crippen LogP contribution in [0.3, 0.4) is 0 Å². The van der Waals surface area contributed by atoms with Crippen LogP contribution in [-0.4, -0.2) is 29.1 Å². The molecule has 5 nitrogen and oxygen atoms in total. The summed E-state index contributed by atoms with van der Waals surface area (Å²) in [7, 11) is 3.28. The molecule has 3 rings (SSSR count). The largest absolute Gasteiger partial charge is 0.493 e. The summed E-state index contributed by atoms with van der Waals surface area (Å²) in [4.78, 5) is 5.74. The lowest BCUT2D eigenvalue weighted by Gasteiger charge is -2.22. The second kappa shape index (κ2) is 5.77. The van der Waals surface area contributed by atoms with Crippen molar-refractivity contribution in [2.45, 2.75) is 26.3 Å². The molecule has 1 N–H and O–H groups in total. The third-order valence-electron chi connectivity index (χ3n) is 3.41. The molecule has 122 valence electrons. The highest BCUT2D eigenvalue weighted by molar-refractivity contribution is 7.15. The molecule has 6 heteroatoms. The number of hydrogen-bond acceptors (Lipinski definition) is 5. The number of benzene rings is 1. The van der Waals surface area contributed by atoms with E-state index < -0.39 is 0 Å². The van der Waals surface area contributed by atoms with Gasteiger partial charge in [-0.05, 0) is 39.0 Å². The van der Waals surface area contributed by atoms with Gasteiger partial charge in [-0.1, -0.05) is 0 Å². The first-order chi connectivity index (χ1) is 10.9. The quantitative estimate of drug-likeness (QED) is 0.775. The summed E-state index contributed by atoms with van der Waals surface area (Å²) in [6.45, 7) is 6.41. The lowest BCUT2D eigenvalue weighted by molar-refractivity contribution is 0.355. The van der Waals surface area contributed by atoms with E-state index in [9.17, 15) is 0 Å². The van der Waals surface area contributed by atoms with Gasteiger partial charge in [0.1, 0.15) is 11.5 Å². The summed E-state index contributed by atoms with van der Waals surface area (Å²) in [6, 6.07) is 5.86. The molecule has 0 saturated heterocycles. The molecule has 3 aromatic rings. The Bertz CT molecular complexity index is 830. The standard InChI is InChI=1S/C17H21N3O2S/c1-17(2,3)19-15-14(18-16-20(15)8-9-23-16)11-6-7-12(21-4)13(10-11)22-5/h6-10,19H,1-5H3. The van der Waals surface area contributed by atoms with Gasteiger partial charge < -0.3 is 14.8 Å². The van der Waals surface area contributed by atoms with Gasteiger partial charge in [0.25, 0.3) is 0 Å². The van der Waals surface area contributed by atoms with Gasteiger partial charge >= 0.3 is 0 Å². The number of nitrogens with zero attached hydrogens (tertiary/aromatic N) is 2. The van der Waals surface area contributed by atoms with Crippen molar-refractivity contribution in [2.75, 3.05) is 19.5 Å². The minimum atomic E-state index is -0.0663. The average molecular weight is 331 g/mol. The molecular formula is C17H21N3O2S. The first-order valence-corrected chi connectivity index (χ1v) is 8.27. The van der Waals surface area contributed by atoms with E-state index in [2.05, 4.69) is 30.5 Å². The van der Waals surface area contributed by atoms with Gasteiger partial charge in [-0.15, -0.1) is 11.3 Å². The first-order valence-electron chi connectivity index (χ1n) is 7.39. The fraction of sp³-hybridized carbons (Fsp3) is 0.353. The summed E-state index contributed by atoms with van der Waals surface area (Å²) in [5.41, 5.74) is 1.83. The average Bonchev–Trinajstić information content (AvgIpc) is 3.08. The van der Waals surface area contributed by atoms with Crippen LogP contribution in [0.4, 0.5) is 5.82 Å². The van der Waals surface area contributed by atoms with E-state index in [4.69, 9.17) is 14.5 Å². The predicted octanol–water partition coefficient (Wildman–Crippen LogP) is 4.29. The van der Waals surface area contributed by atoms with Crippen molar-refractivity contribution in [3.8, 4) is 22.8 Å². The van der Waals surface area contributed by atoms with E-state index >= 15 is 0 Å². The molecule has 2 aromatic heterocycles. The Morgan fingerprint density at radius 1 is 1.13 bits per heavy atom. The van der Waals surface area contributed by atoms with Crippen molar-refractivity contribution in [3.63, 3.8) is 0 Å². The minimum Gasteiger partial charge on any atom is -0.493 e. The molecule has 23 heavy (non-hydrogen) atoms. The number of thiazole rings is 1. The molecule has 0 saturated carbocycles. The Balaban J connectivity index is 2.15. The second-order valence-corrected chi connectivity index (χ2v) is 7.18. The molecule has 0 unspecified atom stereocenters. The van der Waals surface area contributed by atoms with Crippen molar-refractivity contribution < 1.29 is 9.47 Å². The lowest BCUT2D eigenvalue weighted by Crippen LogP contribution is -2.27. The SMILES string of the molecule is COc1ccc(-c2nc3sccn3c2NC(C)(C)C)cc1OC. The van der Waals surface area contributed by atoms with Crippen LogP contribution in [0.1, 0.15) is 20.8 Å². The van der Waals surface area contributed by atoms with E-state index in [0.29, 0.717) is 11.5 Å². The van der Waals surface area contributed by atoms with Gasteiger partial charge in [-0.25, -0.2) is 4.98 Å². The van der Waals surface area contributed by atoms with Crippen molar-refractivity contribution in [2.24, 2.45) is 0 Å². The first kappa shape index (κ1) is 15.7. The third-order valence-corrected chi connectivity index (χ3v) is 4.17. The van der Waals surface area contributed by atoms with Crippen molar-refractivity contribution >= 4 is 22.1 Å². The molecule has 0 aliphatic carbocycles. The topological polar surface area (TPSA) is 47.8 Å². The van der Waals surface area contributed by atoms with Gasteiger partial charge in [0.05, 0.1) is 14.2 Å². The van der Waals surface area contributed by atoms with Gasteiger partial charge in [-0.2, -0.15) is 0 Å². The van der Waals surface area contributed by atoms with E-state index in [0.717, 1.165) is 22.0 Å². The molecule has 0 fully saturated rings. The molecule has 0 spiro atoms. The normalized spacial score (nSPS) is 11.7. The van der Waals surface area contributed by atoms with Gasteiger partial charge in [-0.3, -0.25) is 4.40 Å². The molecule has 0 aliphatic rings. The summed E-state index contributed by atoms with van der Waals surface area (Å²) >= 11 is 1.62. The number of aromatic nitrogens is 2. The number of methoxy groups -OCH3 is 2. The number of ether oxygens (including phenoxy) is 2. The van der Waals surface area contributed by atoms with Crippen LogP contribution in [0.15, 0.2) is 29.8 Å². The summed E-state index contributed by atoms with van der Waals surface area (Å²) in [5.74, 6) is 2.40. The molecular weight excluding hydrogens is 310 g/mol. The highest BCUT2D eigenvalue weighted by atomic mass is 32.1. The molecule has 0 amide bonds. The van der Waals surface area contributed by atoms with Crippen molar-refractivity contribution in [3.05, 3.63) is 29.8 Å². The molecule has 0 aliphatic heterocycles. The second-order valence-electron chi connectivity index (χ2n) is 6.31. The number of imidazole rings is 1. The van der Waals surface area contributed by atoms with Crippen LogP contribution in [0.5, 0.6) is 11.5 Å². The highest BCUT2D eigenvalue weighted by Crippen LogP contribution is 2.37. The fourth-order valence-corrected chi connectivity index (χ4v) is 3.16. The molecule has 0 radical (unpaired) electrons. The zero-order valence-corrected chi connectivity index (χ0v) is 14.8. The monoisotopic (exact) mass is 331 g/mol. The Hall–Kier alpha value is -2.21. The fourth-order valence-electron chi connectivity index (χ4n) is 2.45. The van der Waals surface area contributed by atoms with E-state index in [1.807, 2.05) is 29.8 Å². The molecule has 0 atom stereocenters. The van der Waals surface area contributed by atoms with Crippen LogP contribution >= 0.6 is 11.3 Å². The maximum Gasteiger partial charge on any atom is 0.195 e. The Labute approximate surface area is 139 Å². The van der Waals surface area contributed by atoms with E-state index in [1.165, 1.54) is 0 Å². The van der Waals surface area contributed by atoms with Crippen LogP contribution in [0.25, 0.3) is 16.2 Å².